The molecule has 0 aromatic heterocycles. The summed E-state index contributed by atoms with van der Waals surface area (Å²) in [6.45, 7) is 5.45. The second kappa shape index (κ2) is 4.37. The number of nitrogens with zero attached hydrogens (tertiary/aromatic N) is 2. The number of ether oxygens (including phenoxy) is 1. The Balaban J connectivity index is 2.37. The number of hydrogen-bond acceptors (Lipinski definition) is 4. The Morgan fingerprint density at radius 1 is 1.53 bits per heavy atom. The van der Waals surface area contributed by atoms with Gasteiger partial charge in [0, 0.05) is 12.8 Å². The van der Waals surface area contributed by atoms with Gasteiger partial charge in [0.1, 0.15) is 0 Å². The normalized spacial score (nSPS) is 23.9. The quantitative estimate of drug-likeness (QED) is 0.861. The summed E-state index contributed by atoms with van der Waals surface area (Å²) in [5, 5.41) is 0. The van der Waals surface area contributed by atoms with E-state index in [1.165, 1.54) is 5.56 Å². The summed E-state index contributed by atoms with van der Waals surface area (Å²) in [6.07, 6.45) is 0. The molecule has 4 heteroatoms. The minimum atomic E-state index is -0.188. The van der Waals surface area contributed by atoms with Crippen LogP contribution < -0.4 is 10.6 Å². The lowest BCUT2D eigenvalue weighted by Crippen LogP contribution is -2.52. The molecule has 0 saturated carbocycles. The van der Waals surface area contributed by atoms with Crippen molar-refractivity contribution in [2.24, 2.45) is 10.7 Å². The Morgan fingerprint density at radius 3 is 2.94 bits per heavy atom. The topological polar surface area (TPSA) is 50.9 Å². The van der Waals surface area contributed by atoms with E-state index in [1.807, 2.05) is 6.07 Å². The predicted octanol–water partition coefficient (Wildman–Crippen LogP) is 1.53. The van der Waals surface area contributed by atoms with Gasteiger partial charge in [-0.05, 0) is 31.5 Å². The Morgan fingerprint density at radius 2 is 2.29 bits per heavy atom. The zero-order valence-electron chi connectivity index (χ0n) is 10.6. The Labute approximate surface area is 102 Å². The number of aliphatic imine (C=N–C) groups is 1. The molecule has 0 aliphatic carbocycles. The highest BCUT2D eigenvalue weighted by Crippen LogP contribution is 2.29. The molecular weight excluding hydrogens is 214 g/mol. The van der Waals surface area contributed by atoms with Crippen LogP contribution in [0.1, 0.15) is 12.5 Å². The molecule has 0 bridgehead atoms. The third-order valence-corrected chi connectivity index (χ3v) is 3.07. The Kier molecular flexibility index (Phi) is 3.07. The van der Waals surface area contributed by atoms with Gasteiger partial charge in [0.25, 0.3) is 0 Å². The third-order valence-electron chi connectivity index (χ3n) is 3.07. The van der Waals surface area contributed by atoms with E-state index in [1.54, 1.807) is 7.11 Å². The van der Waals surface area contributed by atoms with Crippen LogP contribution in [-0.4, -0.2) is 31.8 Å². The van der Waals surface area contributed by atoms with Crippen LogP contribution in [-0.2, 0) is 4.74 Å². The molecule has 92 valence electrons. The van der Waals surface area contributed by atoms with Gasteiger partial charge < -0.3 is 15.4 Å². The van der Waals surface area contributed by atoms with E-state index in [2.05, 4.69) is 41.9 Å². The summed E-state index contributed by atoms with van der Waals surface area (Å²) in [4.78, 5) is 6.39. The Hall–Kier alpha value is -1.55. The first-order valence-electron chi connectivity index (χ1n) is 5.72. The lowest BCUT2D eigenvalue weighted by atomic mass is 10.0. The number of guanidine groups is 1. The highest BCUT2D eigenvalue weighted by molar-refractivity contribution is 5.98. The minimum absolute atomic E-state index is 0.188. The first-order valence-corrected chi connectivity index (χ1v) is 5.72. The number of methoxy groups -OCH3 is 1. The molecule has 1 atom stereocenters. The number of anilines is 1. The summed E-state index contributed by atoms with van der Waals surface area (Å²) < 4.78 is 5.29. The van der Waals surface area contributed by atoms with Crippen LogP contribution in [0.25, 0.3) is 0 Å². The fourth-order valence-corrected chi connectivity index (χ4v) is 2.30. The molecule has 2 rings (SSSR count). The zero-order chi connectivity index (χ0) is 12.5. The van der Waals surface area contributed by atoms with E-state index in [4.69, 9.17) is 10.5 Å². The van der Waals surface area contributed by atoms with Crippen molar-refractivity contribution in [3.63, 3.8) is 0 Å². The van der Waals surface area contributed by atoms with Crippen LogP contribution >= 0.6 is 0 Å². The highest BCUT2D eigenvalue weighted by atomic mass is 16.5. The number of nitrogens with two attached hydrogens (primary N) is 1. The van der Waals surface area contributed by atoms with E-state index in [-0.39, 0.29) is 5.54 Å². The van der Waals surface area contributed by atoms with Gasteiger partial charge in [0.15, 0.2) is 5.96 Å². The van der Waals surface area contributed by atoms with Crippen LogP contribution in [0.2, 0.25) is 0 Å². The maximum absolute atomic E-state index is 5.99. The molecule has 0 fully saturated rings. The van der Waals surface area contributed by atoms with Crippen molar-refractivity contribution in [1.82, 2.24) is 0 Å². The summed E-state index contributed by atoms with van der Waals surface area (Å²) >= 11 is 0. The van der Waals surface area contributed by atoms with Crippen LogP contribution in [0.15, 0.2) is 29.3 Å². The van der Waals surface area contributed by atoms with Gasteiger partial charge >= 0.3 is 0 Å². The first kappa shape index (κ1) is 11.9. The molecule has 1 unspecified atom stereocenters. The molecule has 0 saturated heterocycles. The molecule has 17 heavy (non-hydrogen) atoms. The molecule has 0 spiro atoms. The molecule has 1 aromatic carbocycles. The third kappa shape index (κ3) is 2.13. The van der Waals surface area contributed by atoms with Crippen LogP contribution in [0, 0.1) is 6.92 Å². The molecule has 0 radical (unpaired) electrons. The number of aryl methyl sites for hydroxylation is 1. The largest absolute Gasteiger partial charge is 0.382 e. The summed E-state index contributed by atoms with van der Waals surface area (Å²) in [6, 6.07) is 8.26. The van der Waals surface area contributed by atoms with Gasteiger partial charge in [-0.25, -0.2) is 0 Å². The molecule has 4 nitrogen and oxygen atoms in total. The zero-order valence-corrected chi connectivity index (χ0v) is 10.6. The van der Waals surface area contributed by atoms with Crippen LogP contribution in [0.3, 0.4) is 0 Å². The summed E-state index contributed by atoms with van der Waals surface area (Å²) in [5.41, 5.74) is 8.08. The highest BCUT2D eigenvalue weighted by Gasteiger charge is 2.39. The predicted molar refractivity (Wildman–Crippen MR) is 70.4 cm³/mol. The average Bonchev–Trinajstić information content (AvgIpc) is 2.55. The maximum Gasteiger partial charge on any atom is 0.196 e. The molecular formula is C13H19N3O. The van der Waals surface area contributed by atoms with Gasteiger partial charge in [-0.1, -0.05) is 12.1 Å². The van der Waals surface area contributed by atoms with Crippen molar-refractivity contribution < 1.29 is 4.74 Å². The minimum Gasteiger partial charge on any atom is -0.382 e. The summed E-state index contributed by atoms with van der Waals surface area (Å²) in [7, 11) is 1.70. The molecule has 2 N–H and O–H groups in total. The van der Waals surface area contributed by atoms with Gasteiger partial charge in [0.2, 0.25) is 0 Å². The first-order chi connectivity index (χ1) is 8.07. The summed E-state index contributed by atoms with van der Waals surface area (Å²) in [5.74, 6) is 0.565. The van der Waals surface area contributed by atoms with Crippen molar-refractivity contribution in [3.05, 3.63) is 29.8 Å². The average molecular weight is 233 g/mol. The van der Waals surface area contributed by atoms with Gasteiger partial charge in [0.05, 0.1) is 18.7 Å². The molecule has 1 aliphatic heterocycles. The standard InChI is InChI=1S/C13H19N3O/c1-10-5-4-6-11(7-10)16-12(14)15-8-13(16,2)9-17-3/h4-7H,8-9H2,1-3H3,(H2,14,15). The second-order valence-corrected chi connectivity index (χ2v) is 4.78. The monoisotopic (exact) mass is 233 g/mol. The second-order valence-electron chi connectivity index (χ2n) is 4.78. The van der Waals surface area contributed by atoms with Gasteiger partial charge in [-0.3, -0.25) is 4.99 Å². The number of benzene rings is 1. The smallest absolute Gasteiger partial charge is 0.196 e. The molecule has 1 aromatic rings. The van der Waals surface area contributed by atoms with E-state index in [0.29, 0.717) is 19.1 Å². The van der Waals surface area contributed by atoms with E-state index in [0.717, 1.165) is 5.69 Å². The SMILES string of the molecule is COCC1(C)CN=C(N)N1c1cccc(C)c1. The molecule has 0 amide bonds. The number of hydrogen-bond donors (Lipinski definition) is 1. The number of rotatable bonds is 3. The van der Waals surface area contributed by atoms with Crippen molar-refractivity contribution >= 4 is 11.6 Å². The van der Waals surface area contributed by atoms with E-state index < -0.39 is 0 Å². The van der Waals surface area contributed by atoms with Gasteiger partial charge in [-0.15, -0.1) is 0 Å². The van der Waals surface area contributed by atoms with Gasteiger partial charge in [-0.2, -0.15) is 0 Å². The fraction of sp³-hybridized carbons (Fsp3) is 0.462. The van der Waals surface area contributed by atoms with Crippen LogP contribution in [0.4, 0.5) is 5.69 Å². The van der Waals surface area contributed by atoms with E-state index in [9.17, 15) is 0 Å². The van der Waals surface area contributed by atoms with E-state index >= 15 is 0 Å². The maximum atomic E-state index is 5.99. The van der Waals surface area contributed by atoms with Crippen molar-refractivity contribution in [2.75, 3.05) is 25.2 Å². The van der Waals surface area contributed by atoms with Crippen LogP contribution in [0.5, 0.6) is 0 Å². The lowest BCUT2D eigenvalue weighted by Gasteiger charge is -2.35. The lowest BCUT2D eigenvalue weighted by molar-refractivity contribution is 0.149. The van der Waals surface area contributed by atoms with Crippen molar-refractivity contribution in [2.45, 2.75) is 19.4 Å². The Bertz CT molecular complexity index is 444. The fourth-order valence-electron chi connectivity index (χ4n) is 2.30. The molecule has 1 aliphatic rings. The van der Waals surface area contributed by atoms with Crippen molar-refractivity contribution in [1.29, 1.82) is 0 Å². The van der Waals surface area contributed by atoms with Crippen molar-refractivity contribution in [3.8, 4) is 0 Å². The molecule has 1 heterocycles.